The number of carbonyl (C=O) groups is 1. The molecule has 160 valence electrons. The minimum atomic E-state index is -4.81. The Hall–Kier alpha value is -1.88. The Labute approximate surface area is 170 Å². The number of allylic oxidation sites excluding steroid dienone is 1. The van der Waals surface area contributed by atoms with Crippen molar-refractivity contribution < 1.29 is 27.8 Å². The molecule has 4 nitrogen and oxygen atoms in total. The first-order chi connectivity index (χ1) is 13.3. The predicted octanol–water partition coefficient (Wildman–Crippen LogP) is 6.17. The second-order valence-electron chi connectivity index (χ2n) is 7.73. The van der Waals surface area contributed by atoms with Crippen LogP contribution in [0.1, 0.15) is 53.0 Å². The molecule has 1 heterocycles. The van der Waals surface area contributed by atoms with Crippen LogP contribution in [0.15, 0.2) is 40.5 Å². The third-order valence-corrected chi connectivity index (χ3v) is 8.68. The molecule has 1 aliphatic heterocycles. The number of ether oxygens (including phenoxy) is 1. The van der Waals surface area contributed by atoms with E-state index in [2.05, 4.69) is 37.4 Å². The second kappa shape index (κ2) is 8.86. The lowest BCUT2D eigenvalue weighted by Crippen LogP contribution is -2.36. The van der Waals surface area contributed by atoms with E-state index < -0.39 is 26.2 Å². The van der Waals surface area contributed by atoms with Crippen LogP contribution in [0.3, 0.4) is 0 Å². The summed E-state index contributed by atoms with van der Waals surface area (Å²) < 4.78 is 42.2. The fourth-order valence-corrected chi connectivity index (χ4v) is 7.82. The molecule has 0 saturated carbocycles. The average Bonchev–Trinajstić information content (AvgIpc) is 2.54. The summed E-state index contributed by atoms with van der Waals surface area (Å²) in [6, 6.07) is 5.66. The highest BCUT2D eigenvalue weighted by atomic mass is 31.1. The van der Waals surface area contributed by atoms with Crippen molar-refractivity contribution in [1.82, 2.24) is 0 Å². The van der Waals surface area contributed by atoms with Crippen molar-refractivity contribution >= 4 is 19.6 Å². The van der Waals surface area contributed by atoms with Gasteiger partial charge in [0.25, 0.3) is 0 Å². The summed E-state index contributed by atoms with van der Waals surface area (Å²) in [5.41, 5.74) is 2.27. The van der Waals surface area contributed by atoms with Gasteiger partial charge in [-0.15, -0.1) is 13.2 Å². The van der Waals surface area contributed by atoms with Gasteiger partial charge in [0.15, 0.2) is 0 Å². The second-order valence-corrected chi connectivity index (χ2v) is 11.3. The van der Waals surface area contributed by atoms with Crippen LogP contribution < -0.4 is 4.74 Å². The van der Waals surface area contributed by atoms with Gasteiger partial charge in [-0.3, -0.25) is 4.99 Å². The Kier molecular flexibility index (Phi) is 7.15. The van der Waals surface area contributed by atoms with Gasteiger partial charge in [-0.25, -0.2) is 4.79 Å². The summed E-state index contributed by atoms with van der Waals surface area (Å²) in [5.74, 6) is -2.04. The standard InChI is InChI=1S/C21H27F3NO3P/c1-11(2)29(12(3)4)19-14(6)25-13(5)17(20(26)27)18(19)15-8-7-9-16(10-15)28-21(22,23)24/h7-12,18-19H,1-6H3,(H,26,27). The van der Waals surface area contributed by atoms with Crippen molar-refractivity contribution in [3.63, 3.8) is 0 Å². The summed E-state index contributed by atoms with van der Waals surface area (Å²) in [6.45, 7) is 11.9. The molecular weight excluding hydrogens is 402 g/mol. The van der Waals surface area contributed by atoms with E-state index in [0.29, 0.717) is 22.6 Å². The van der Waals surface area contributed by atoms with Gasteiger partial charge in [-0.2, -0.15) is 0 Å². The van der Waals surface area contributed by atoms with Crippen LogP contribution >= 0.6 is 7.92 Å². The number of hydrogen-bond acceptors (Lipinski definition) is 3. The molecule has 1 aromatic rings. The molecule has 0 spiro atoms. The Bertz CT molecular complexity index is 823. The summed E-state index contributed by atoms with van der Waals surface area (Å²) in [7, 11) is -0.697. The summed E-state index contributed by atoms with van der Waals surface area (Å²) in [5, 5.41) is 9.93. The first kappa shape index (κ1) is 23.4. The molecule has 0 aliphatic carbocycles. The molecule has 2 rings (SSSR count). The SMILES string of the molecule is CC1=NC(C)=C(C(=O)O)C(c2cccc(OC(F)(F)F)c2)C1P(C(C)C)C(C)C. The number of alkyl halides is 3. The number of aliphatic carboxylic acids is 1. The van der Waals surface area contributed by atoms with E-state index in [0.717, 1.165) is 5.71 Å². The van der Waals surface area contributed by atoms with E-state index in [1.807, 2.05) is 6.92 Å². The molecule has 0 saturated heterocycles. The third-order valence-electron chi connectivity index (χ3n) is 4.98. The summed E-state index contributed by atoms with van der Waals surface area (Å²) in [6.07, 6.45) is -4.81. The molecule has 0 bridgehead atoms. The Morgan fingerprint density at radius 3 is 2.24 bits per heavy atom. The van der Waals surface area contributed by atoms with Crippen molar-refractivity contribution in [2.75, 3.05) is 0 Å². The lowest BCUT2D eigenvalue weighted by Gasteiger charge is -2.41. The highest BCUT2D eigenvalue weighted by molar-refractivity contribution is 7.61. The van der Waals surface area contributed by atoms with Crippen molar-refractivity contribution in [1.29, 1.82) is 0 Å². The van der Waals surface area contributed by atoms with Crippen molar-refractivity contribution in [2.45, 2.75) is 70.8 Å². The normalized spacial score (nSPS) is 20.5. The number of carboxylic acid groups (broad SMARTS) is 1. The lowest BCUT2D eigenvalue weighted by atomic mass is 9.83. The molecule has 1 aromatic carbocycles. The molecular formula is C21H27F3NO3P. The maximum atomic E-state index is 12.7. The predicted molar refractivity (Wildman–Crippen MR) is 110 cm³/mol. The first-order valence-electron chi connectivity index (χ1n) is 9.45. The summed E-state index contributed by atoms with van der Waals surface area (Å²) >= 11 is 0. The van der Waals surface area contributed by atoms with Crippen molar-refractivity contribution in [3.8, 4) is 5.75 Å². The van der Waals surface area contributed by atoms with E-state index in [4.69, 9.17) is 0 Å². The monoisotopic (exact) mass is 429 g/mol. The molecule has 0 radical (unpaired) electrons. The molecule has 0 amide bonds. The van der Waals surface area contributed by atoms with E-state index in [1.165, 1.54) is 18.2 Å². The highest BCUT2D eigenvalue weighted by Crippen LogP contribution is 2.58. The van der Waals surface area contributed by atoms with Crippen LogP contribution in [0.25, 0.3) is 0 Å². The molecule has 8 heteroatoms. The van der Waals surface area contributed by atoms with Crippen LogP contribution in [0, 0.1) is 0 Å². The molecule has 0 aromatic heterocycles. The van der Waals surface area contributed by atoms with E-state index >= 15 is 0 Å². The Balaban J connectivity index is 2.68. The zero-order valence-corrected chi connectivity index (χ0v) is 18.3. The van der Waals surface area contributed by atoms with Gasteiger partial charge >= 0.3 is 12.3 Å². The van der Waals surface area contributed by atoms with E-state index in [-0.39, 0.29) is 17.0 Å². The number of rotatable bonds is 6. The van der Waals surface area contributed by atoms with E-state index in [9.17, 15) is 23.1 Å². The van der Waals surface area contributed by atoms with Crippen LogP contribution in [0.5, 0.6) is 5.75 Å². The lowest BCUT2D eigenvalue weighted by molar-refractivity contribution is -0.274. The highest BCUT2D eigenvalue weighted by Gasteiger charge is 2.43. The summed E-state index contributed by atoms with van der Waals surface area (Å²) in [4.78, 5) is 16.7. The third kappa shape index (κ3) is 5.39. The molecule has 1 aliphatic rings. The maximum Gasteiger partial charge on any atom is 0.573 e. The topological polar surface area (TPSA) is 58.9 Å². The van der Waals surface area contributed by atoms with Crippen LogP contribution in [-0.2, 0) is 4.79 Å². The van der Waals surface area contributed by atoms with Crippen LogP contribution in [-0.4, -0.2) is 40.1 Å². The van der Waals surface area contributed by atoms with Gasteiger partial charge in [0, 0.05) is 23.0 Å². The number of nitrogens with zero attached hydrogens (tertiary/aromatic N) is 1. The zero-order chi connectivity index (χ0) is 22.1. The molecule has 29 heavy (non-hydrogen) atoms. The maximum absolute atomic E-state index is 12.7. The number of aliphatic imine (C=N–C) groups is 1. The minimum Gasteiger partial charge on any atom is -0.478 e. The number of hydrogen-bond donors (Lipinski definition) is 1. The van der Waals surface area contributed by atoms with Crippen LogP contribution in [0.2, 0.25) is 0 Å². The fraction of sp³-hybridized carbons (Fsp3) is 0.524. The van der Waals surface area contributed by atoms with E-state index in [1.54, 1.807) is 13.0 Å². The molecule has 1 N–H and O–H groups in total. The zero-order valence-electron chi connectivity index (χ0n) is 17.4. The average molecular weight is 429 g/mol. The van der Waals surface area contributed by atoms with Gasteiger partial charge in [0.1, 0.15) is 5.75 Å². The number of benzene rings is 1. The number of halogens is 3. The van der Waals surface area contributed by atoms with Gasteiger partial charge in [0.05, 0.1) is 5.57 Å². The molecule has 2 atom stereocenters. The van der Waals surface area contributed by atoms with Gasteiger partial charge in [-0.1, -0.05) is 47.7 Å². The van der Waals surface area contributed by atoms with Crippen molar-refractivity contribution in [2.24, 2.45) is 4.99 Å². The minimum absolute atomic E-state index is 0.138. The Morgan fingerprint density at radius 2 is 1.76 bits per heavy atom. The van der Waals surface area contributed by atoms with Gasteiger partial charge < -0.3 is 9.84 Å². The quantitative estimate of drug-likeness (QED) is 0.550. The fourth-order valence-electron chi connectivity index (χ4n) is 4.18. The van der Waals surface area contributed by atoms with Crippen molar-refractivity contribution in [3.05, 3.63) is 41.1 Å². The largest absolute Gasteiger partial charge is 0.573 e. The first-order valence-corrected chi connectivity index (χ1v) is 11.0. The molecule has 2 unspecified atom stereocenters. The van der Waals surface area contributed by atoms with Gasteiger partial charge in [0.2, 0.25) is 0 Å². The smallest absolute Gasteiger partial charge is 0.478 e. The Morgan fingerprint density at radius 1 is 1.17 bits per heavy atom. The number of carboxylic acids is 1. The van der Waals surface area contributed by atoms with Gasteiger partial charge in [-0.05, 0) is 42.9 Å². The molecule has 0 fully saturated rings. The van der Waals surface area contributed by atoms with Crippen LogP contribution in [0.4, 0.5) is 13.2 Å².